The van der Waals surface area contributed by atoms with E-state index in [1.54, 1.807) is 0 Å². The van der Waals surface area contributed by atoms with Crippen molar-refractivity contribution in [3.05, 3.63) is 317 Å². The van der Waals surface area contributed by atoms with Crippen LogP contribution >= 0.6 is 0 Å². The predicted molar refractivity (Wildman–Crippen MR) is 351 cm³/mol. The van der Waals surface area contributed by atoms with Crippen molar-refractivity contribution in [1.29, 1.82) is 0 Å². The summed E-state index contributed by atoms with van der Waals surface area (Å²) in [4.78, 5) is 8.06. The Bertz CT molecular complexity index is 4680. The number of rotatable bonds is 5. The highest BCUT2D eigenvalue weighted by atomic mass is 15.2. The van der Waals surface area contributed by atoms with Crippen LogP contribution in [0.3, 0.4) is 0 Å². The van der Waals surface area contributed by atoms with Gasteiger partial charge in [0.1, 0.15) is 0 Å². The molecule has 3 nitrogen and oxygen atoms in total. The Morgan fingerprint density at radius 3 is 1.39 bits per heavy atom. The van der Waals surface area contributed by atoms with Crippen LogP contribution in [0.15, 0.2) is 273 Å². The molecular formula is C80H60BN3. The van der Waals surface area contributed by atoms with E-state index in [0.717, 1.165) is 22.7 Å². The molecule has 0 fully saturated rings. The van der Waals surface area contributed by atoms with Gasteiger partial charge in [0.2, 0.25) is 0 Å². The number of nitrogens with zero attached hydrogens (tertiary/aromatic N) is 3. The van der Waals surface area contributed by atoms with Gasteiger partial charge in [0.05, 0.1) is 11.5 Å². The lowest BCUT2D eigenvalue weighted by atomic mass is 9.33. The maximum absolute atomic E-state index is 2.70. The lowest BCUT2D eigenvalue weighted by molar-refractivity contribution is 0.457. The van der Waals surface area contributed by atoms with Crippen LogP contribution in [-0.2, 0) is 21.7 Å². The first-order valence-electron chi connectivity index (χ1n) is 30.1. The maximum atomic E-state index is 2.70. The number of anilines is 8. The summed E-state index contributed by atoms with van der Waals surface area (Å²) in [7, 11) is 0. The zero-order valence-electron chi connectivity index (χ0n) is 47.9. The summed E-state index contributed by atoms with van der Waals surface area (Å²) in [5.41, 5.74) is 32.3. The Morgan fingerprint density at radius 2 is 0.821 bits per heavy atom. The fourth-order valence-corrected chi connectivity index (χ4v) is 17.7. The van der Waals surface area contributed by atoms with Crippen molar-refractivity contribution in [1.82, 2.24) is 0 Å². The van der Waals surface area contributed by atoms with Gasteiger partial charge in [-0.15, -0.1) is 0 Å². The van der Waals surface area contributed by atoms with E-state index in [1.807, 2.05) is 0 Å². The molecule has 18 rings (SSSR count). The molecule has 0 radical (unpaired) electrons. The fourth-order valence-electron chi connectivity index (χ4n) is 17.7. The summed E-state index contributed by atoms with van der Waals surface area (Å²) in [5.74, 6) is 0. The van der Waals surface area contributed by atoms with E-state index < -0.39 is 5.41 Å². The number of allylic oxidation sites excluding steroid dienone is 2. The Hall–Kier alpha value is -9.64. The predicted octanol–water partition coefficient (Wildman–Crippen LogP) is 17.7. The van der Waals surface area contributed by atoms with Crippen LogP contribution in [0, 0.1) is 0 Å². The molecule has 84 heavy (non-hydrogen) atoms. The van der Waals surface area contributed by atoms with Gasteiger partial charge in [-0.1, -0.05) is 246 Å². The summed E-state index contributed by atoms with van der Waals surface area (Å²) >= 11 is 0. The first kappa shape index (κ1) is 47.9. The molecule has 2 aliphatic heterocycles. The lowest BCUT2D eigenvalue weighted by Crippen LogP contribution is -2.61. The van der Waals surface area contributed by atoms with Crippen LogP contribution in [0.1, 0.15) is 79.1 Å². The van der Waals surface area contributed by atoms with E-state index in [1.165, 1.54) is 123 Å². The first-order valence-corrected chi connectivity index (χ1v) is 30.1. The average molecular weight is 1070 g/mol. The summed E-state index contributed by atoms with van der Waals surface area (Å²) in [6, 6.07) is 95.3. The van der Waals surface area contributed by atoms with Gasteiger partial charge >= 0.3 is 0 Å². The molecule has 1 spiro atoms. The van der Waals surface area contributed by atoms with Crippen LogP contribution in [-0.4, -0.2) is 12.8 Å². The molecule has 0 amide bonds. The van der Waals surface area contributed by atoms with E-state index in [0.29, 0.717) is 0 Å². The molecule has 1 unspecified atom stereocenters. The minimum absolute atomic E-state index is 0.0959. The Labute approximate surface area is 493 Å². The molecule has 398 valence electrons. The minimum atomic E-state index is -0.530. The van der Waals surface area contributed by atoms with Crippen LogP contribution in [0.25, 0.3) is 33.4 Å². The van der Waals surface area contributed by atoms with Crippen LogP contribution in [0.2, 0.25) is 0 Å². The first-order chi connectivity index (χ1) is 41.1. The number of hydrogen-bond acceptors (Lipinski definition) is 3. The number of benzene rings is 11. The lowest BCUT2D eigenvalue weighted by Gasteiger charge is -2.48. The van der Waals surface area contributed by atoms with Crippen molar-refractivity contribution in [2.24, 2.45) is 0 Å². The van der Waals surface area contributed by atoms with Gasteiger partial charge in [-0.25, -0.2) is 0 Å². The maximum Gasteiger partial charge on any atom is 0.252 e. The second-order valence-electron chi connectivity index (χ2n) is 25.6. The summed E-state index contributed by atoms with van der Waals surface area (Å²) in [6.45, 7) is 12.1. The smallest absolute Gasteiger partial charge is 0.252 e. The molecule has 5 aliphatic carbocycles. The van der Waals surface area contributed by atoms with E-state index in [4.69, 9.17) is 0 Å². The van der Waals surface area contributed by atoms with Crippen molar-refractivity contribution in [2.45, 2.75) is 62.3 Å². The second-order valence-corrected chi connectivity index (χ2v) is 25.6. The normalized spacial score (nSPS) is 18.9. The SMILES string of the molecule is CC1(C)C2=CC=CC(N(c3ccccc3)c3cc4c5c(c3)N(c3ccccc3)c3c(ccc6c3-c3ccccc3C63c6ccccc6-c6ccccc63)B5c3ccc5c(c3N4c3ccccc3)-c3ccccc3C5(C)C)[C@@]2(C)c2ccccc21. The largest absolute Gasteiger partial charge is 0.333 e. The molecule has 0 N–H and O–H groups in total. The zero-order chi connectivity index (χ0) is 56.0. The van der Waals surface area contributed by atoms with Gasteiger partial charge in [0, 0.05) is 72.9 Å². The molecular weight excluding hydrogens is 1010 g/mol. The van der Waals surface area contributed by atoms with E-state index in [9.17, 15) is 0 Å². The number of fused-ring (bicyclic) bond motifs is 22. The van der Waals surface area contributed by atoms with E-state index in [-0.39, 0.29) is 29.0 Å². The van der Waals surface area contributed by atoms with E-state index >= 15 is 0 Å². The third-order valence-corrected chi connectivity index (χ3v) is 21.0. The molecule has 11 aromatic rings. The molecule has 0 aromatic heterocycles. The van der Waals surface area contributed by atoms with Crippen LogP contribution < -0.4 is 31.1 Å². The standard InChI is InChI=1S/C80H60BN3/c1-77(2)58-36-19-17-34-56(58)72-64(77)44-46-66-75(72)83(51-28-11-7-12-29-51)68-48-53(82(50-26-9-6-10-27-50)71-43-25-42-70-78(3,4)62-40-23-24-41-63(62)79(70,71)5)49-69-74(68)81(66)67-47-45-65-73(76(67)84(69)52-30-13-8-14-31-52)57-35-18-22-39-61(57)80(65)59-37-20-15-32-54(59)55-33-16-21-38-60(55)80/h6-49,71H,1-5H3/t71?,79-/m0/s1. The third kappa shape index (κ3) is 5.83. The number of hydrogen-bond donors (Lipinski definition) is 0. The average Bonchev–Trinajstić information content (AvgIpc) is 1.40. The van der Waals surface area contributed by atoms with Gasteiger partial charge in [-0.2, -0.15) is 0 Å². The van der Waals surface area contributed by atoms with Crippen molar-refractivity contribution < 1.29 is 0 Å². The highest BCUT2D eigenvalue weighted by Crippen LogP contribution is 2.66. The molecule has 11 aromatic carbocycles. The molecule has 2 atom stereocenters. The fraction of sp³-hybridized carbons (Fsp3) is 0.125. The van der Waals surface area contributed by atoms with Crippen molar-refractivity contribution in [3.8, 4) is 33.4 Å². The van der Waals surface area contributed by atoms with Crippen LogP contribution in [0.5, 0.6) is 0 Å². The Morgan fingerprint density at radius 1 is 0.381 bits per heavy atom. The van der Waals surface area contributed by atoms with Gasteiger partial charge < -0.3 is 14.7 Å². The molecule has 0 saturated carbocycles. The summed E-state index contributed by atoms with van der Waals surface area (Å²) in [6.07, 6.45) is 7.26. The Balaban J connectivity index is 1.01. The molecule has 7 aliphatic rings. The van der Waals surface area contributed by atoms with Crippen LogP contribution in [0.4, 0.5) is 45.5 Å². The molecule has 4 heteroatoms. The quantitative estimate of drug-likeness (QED) is 0.159. The summed E-state index contributed by atoms with van der Waals surface area (Å²) < 4.78 is 0. The topological polar surface area (TPSA) is 9.72 Å². The highest BCUT2D eigenvalue weighted by molar-refractivity contribution is 7.00. The van der Waals surface area contributed by atoms with E-state index in [2.05, 4.69) is 316 Å². The highest BCUT2D eigenvalue weighted by Gasteiger charge is 2.57. The second kappa shape index (κ2) is 16.8. The van der Waals surface area contributed by atoms with Gasteiger partial charge in [-0.05, 0) is 144 Å². The van der Waals surface area contributed by atoms with Crippen molar-refractivity contribution >= 4 is 68.6 Å². The minimum Gasteiger partial charge on any atom is -0.333 e. The third-order valence-electron chi connectivity index (χ3n) is 21.0. The summed E-state index contributed by atoms with van der Waals surface area (Å²) in [5, 5.41) is 0. The zero-order valence-corrected chi connectivity index (χ0v) is 47.9. The molecule has 2 heterocycles. The Kier molecular flexibility index (Phi) is 9.57. The monoisotopic (exact) mass is 1070 g/mol. The molecule has 0 saturated heterocycles. The van der Waals surface area contributed by atoms with Crippen molar-refractivity contribution in [2.75, 3.05) is 14.7 Å². The van der Waals surface area contributed by atoms with Gasteiger partial charge in [0.15, 0.2) is 0 Å². The van der Waals surface area contributed by atoms with Crippen molar-refractivity contribution in [3.63, 3.8) is 0 Å². The van der Waals surface area contributed by atoms with Gasteiger partial charge in [-0.3, -0.25) is 0 Å². The molecule has 0 bridgehead atoms. The number of para-hydroxylation sites is 3. The van der Waals surface area contributed by atoms with Gasteiger partial charge in [0.25, 0.3) is 6.71 Å².